The smallest absolute Gasteiger partial charge is 0.244 e. The van der Waals surface area contributed by atoms with Crippen molar-refractivity contribution in [2.75, 3.05) is 0 Å². The van der Waals surface area contributed by atoms with E-state index in [1.165, 1.54) is 0 Å². The molecule has 0 N–H and O–H groups in total. The summed E-state index contributed by atoms with van der Waals surface area (Å²) in [5.74, 6) is -32.8. The molecule has 0 spiro atoms. The molecule has 22 heteroatoms. The van der Waals surface area contributed by atoms with E-state index in [0.29, 0.717) is 0 Å². The lowest BCUT2D eigenvalue weighted by Crippen LogP contribution is -2.69. The maximum atomic E-state index is 13.3. The summed E-state index contributed by atoms with van der Waals surface area (Å²) in [6, 6.07) is 0. The van der Waals surface area contributed by atoms with E-state index < -0.39 is 54.6 Å². The second-order valence-electron chi connectivity index (χ2n) is 5.00. The van der Waals surface area contributed by atoms with Gasteiger partial charge >= 0.3 is 54.6 Å². The van der Waals surface area contributed by atoms with E-state index in [1.807, 2.05) is 0 Å². The van der Waals surface area contributed by atoms with Gasteiger partial charge in [-0.05, 0) is 0 Å². The Morgan fingerprint density at radius 1 is 0.290 bits per heavy atom. The molecule has 0 aliphatic heterocycles. The predicted octanol–water partition coefficient (Wildman–Crippen LogP) is 6.42. The quantitative estimate of drug-likeness (QED) is 0.298. The molecule has 2 unspecified atom stereocenters. The van der Waals surface area contributed by atoms with E-state index in [1.54, 1.807) is 0 Å². The second-order valence-corrected chi connectivity index (χ2v) is 5.00. The van der Waals surface area contributed by atoms with Gasteiger partial charge in [-0.2, -0.15) is 79.0 Å². The zero-order valence-electron chi connectivity index (χ0n) is 12.9. The normalized spacial score (nSPS) is 19.7. The van der Waals surface area contributed by atoms with Crippen molar-refractivity contribution >= 4 is 0 Å². The van der Waals surface area contributed by atoms with Gasteiger partial charge in [0.2, 0.25) is 0 Å². The molecule has 0 radical (unpaired) electrons. The minimum atomic E-state index is -8.19. The number of alkyl halides is 20. The van der Waals surface area contributed by atoms with Crippen molar-refractivity contribution in [1.29, 1.82) is 0 Å². The third-order valence-electron chi connectivity index (χ3n) is 2.77. The fourth-order valence-corrected chi connectivity index (χ4v) is 1.31. The Labute approximate surface area is 153 Å². The molecule has 0 amide bonds. The zero-order valence-corrected chi connectivity index (χ0v) is 12.9. The van der Waals surface area contributed by atoms with Crippen LogP contribution in [0.1, 0.15) is 0 Å². The van der Waals surface area contributed by atoms with Gasteiger partial charge in [0.1, 0.15) is 0 Å². The Hall–Kier alpha value is -1.48. The largest absolute Gasteiger partial charge is 0.491 e. The highest BCUT2D eigenvalue weighted by Gasteiger charge is 2.88. The zero-order chi connectivity index (χ0) is 25.9. The highest BCUT2D eigenvalue weighted by atomic mass is 19.4. The van der Waals surface area contributed by atoms with Crippen molar-refractivity contribution in [3.05, 3.63) is 0 Å². The van der Waals surface area contributed by atoms with Crippen molar-refractivity contribution < 1.29 is 97.3 Å². The van der Waals surface area contributed by atoms with Crippen LogP contribution in [-0.2, 0) is 9.47 Å². The topological polar surface area (TPSA) is 18.5 Å². The molecule has 31 heavy (non-hydrogen) atoms. The average Bonchev–Trinajstić information content (AvgIpc) is 2.40. The molecule has 0 rings (SSSR count). The molecule has 0 aliphatic rings. The molecule has 2 nitrogen and oxygen atoms in total. The first kappa shape index (κ1) is 29.5. The summed E-state index contributed by atoms with van der Waals surface area (Å²) in [4.78, 5) is 0. The Kier molecular flexibility index (Phi) is 6.92. The van der Waals surface area contributed by atoms with Crippen LogP contribution in [0.2, 0.25) is 0 Å². The minimum absolute atomic E-state index is 1.12. The Bertz CT molecular complexity index is 583. The van der Waals surface area contributed by atoms with Crippen LogP contribution in [-0.4, -0.2) is 54.6 Å². The van der Waals surface area contributed by atoms with Crippen molar-refractivity contribution in [3.8, 4) is 0 Å². The van der Waals surface area contributed by atoms with Crippen LogP contribution >= 0.6 is 0 Å². The molecule has 2 atom stereocenters. The monoisotopic (exact) mass is 520 g/mol. The van der Waals surface area contributed by atoms with Gasteiger partial charge in [-0.3, -0.25) is 0 Å². The second kappa shape index (κ2) is 7.27. The first-order valence-electron chi connectivity index (χ1n) is 6.10. The number of rotatable bonds is 6. The number of hydrogen-bond acceptors (Lipinski definition) is 2. The third kappa shape index (κ3) is 4.82. The summed E-state index contributed by atoms with van der Waals surface area (Å²) in [6.45, 7) is 0. The molecule has 0 saturated carbocycles. The van der Waals surface area contributed by atoms with Gasteiger partial charge in [0, 0.05) is 0 Å². The summed E-state index contributed by atoms with van der Waals surface area (Å²) < 4.78 is 251. The lowest BCUT2D eigenvalue weighted by molar-refractivity contribution is -0.577. The van der Waals surface area contributed by atoms with Crippen LogP contribution in [0.5, 0.6) is 0 Å². The Balaban J connectivity index is 6.66. The van der Waals surface area contributed by atoms with Gasteiger partial charge in [-0.25, -0.2) is 9.47 Å². The number of halogens is 20. The first-order valence-corrected chi connectivity index (χ1v) is 6.10. The lowest BCUT2D eigenvalue weighted by Gasteiger charge is -2.40. The molecule has 0 aliphatic carbocycles. The molecule has 0 aromatic carbocycles. The van der Waals surface area contributed by atoms with Crippen LogP contribution < -0.4 is 0 Å². The van der Waals surface area contributed by atoms with E-state index in [0.717, 1.165) is 9.47 Å². The van der Waals surface area contributed by atoms with Gasteiger partial charge < -0.3 is 0 Å². The van der Waals surface area contributed by atoms with E-state index >= 15 is 0 Å². The van der Waals surface area contributed by atoms with Crippen LogP contribution in [0.4, 0.5) is 87.8 Å². The van der Waals surface area contributed by atoms with Crippen molar-refractivity contribution in [2.45, 2.75) is 54.6 Å². The lowest BCUT2D eigenvalue weighted by atomic mass is 10.1. The fourth-order valence-electron chi connectivity index (χ4n) is 1.31. The molecule has 0 heterocycles. The summed E-state index contributed by atoms with van der Waals surface area (Å²) in [5.41, 5.74) is 0. The van der Waals surface area contributed by atoms with Gasteiger partial charge in [-0.15, -0.1) is 8.78 Å². The van der Waals surface area contributed by atoms with Gasteiger partial charge in [0.05, 0.1) is 0 Å². The molecule has 0 saturated heterocycles. The van der Waals surface area contributed by atoms with Crippen LogP contribution in [0.15, 0.2) is 0 Å². The number of ether oxygens (including phenoxy) is 2. The van der Waals surface area contributed by atoms with Crippen molar-refractivity contribution in [1.82, 2.24) is 0 Å². The Morgan fingerprint density at radius 2 is 0.484 bits per heavy atom. The van der Waals surface area contributed by atoms with Crippen LogP contribution in [0.25, 0.3) is 0 Å². The Morgan fingerprint density at radius 3 is 0.613 bits per heavy atom. The SMILES string of the molecule is FC(F)(OC(F)(C(F)(F)F)C(F)(F)C(F)(F)F)OC(F)(C(F)(F)F)C(F)(F)C(F)(F)F. The highest BCUT2D eigenvalue weighted by Crippen LogP contribution is 2.58. The van der Waals surface area contributed by atoms with Gasteiger partial charge in [0.25, 0.3) is 0 Å². The van der Waals surface area contributed by atoms with E-state index in [9.17, 15) is 87.8 Å². The average molecular weight is 520 g/mol. The van der Waals surface area contributed by atoms with Gasteiger partial charge in [-0.1, -0.05) is 0 Å². The fraction of sp³-hybridized carbons (Fsp3) is 1.00. The van der Waals surface area contributed by atoms with E-state index in [-0.39, 0.29) is 0 Å². The van der Waals surface area contributed by atoms with E-state index in [2.05, 4.69) is 0 Å². The van der Waals surface area contributed by atoms with Crippen LogP contribution in [0.3, 0.4) is 0 Å². The van der Waals surface area contributed by atoms with Crippen molar-refractivity contribution in [2.24, 2.45) is 0 Å². The van der Waals surface area contributed by atoms with Crippen molar-refractivity contribution in [3.63, 3.8) is 0 Å². The summed E-state index contributed by atoms with van der Waals surface area (Å²) in [5, 5.41) is 0. The molecular formula is C9F20O2. The standard InChI is InChI=1S/C9F20O2/c10-1(11,5(16,17)18)3(14,7(22,23)24)30-9(28,29)31-4(15,8(25,26)27)2(12,13)6(19,20)21. The highest BCUT2D eigenvalue weighted by molar-refractivity contribution is 5.00. The van der Waals surface area contributed by atoms with E-state index in [4.69, 9.17) is 0 Å². The molecule has 0 fully saturated rings. The molecule has 188 valence electrons. The molecule has 0 aromatic rings. The predicted molar refractivity (Wildman–Crippen MR) is 48.9 cm³/mol. The molecular weight excluding hydrogens is 520 g/mol. The third-order valence-corrected chi connectivity index (χ3v) is 2.77. The summed E-state index contributed by atoms with van der Waals surface area (Å²) in [6.07, 6.45) is -39.6. The summed E-state index contributed by atoms with van der Waals surface area (Å²) >= 11 is 0. The van der Waals surface area contributed by atoms with Crippen LogP contribution in [0, 0.1) is 0 Å². The minimum Gasteiger partial charge on any atom is -0.244 e. The molecule has 0 bridgehead atoms. The molecule has 0 aromatic heterocycles. The maximum absolute atomic E-state index is 13.3. The summed E-state index contributed by atoms with van der Waals surface area (Å²) in [7, 11) is 0. The first-order chi connectivity index (χ1) is 12.9. The maximum Gasteiger partial charge on any atom is 0.491 e. The van der Waals surface area contributed by atoms with Gasteiger partial charge in [0.15, 0.2) is 0 Å². The number of hydrogen-bond donors (Lipinski definition) is 0.